The summed E-state index contributed by atoms with van der Waals surface area (Å²) < 4.78 is 2.13. The maximum atomic E-state index is 4.45. The van der Waals surface area contributed by atoms with Crippen molar-refractivity contribution in [1.29, 1.82) is 0 Å². The van der Waals surface area contributed by atoms with Gasteiger partial charge in [-0.1, -0.05) is 12.8 Å². The van der Waals surface area contributed by atoms with Gasteiger partial charge in [0.2, 0.25) is 0 Å². The Hall–Kier alpha value is -1.20. The average Bonchev–Trinajstić information content (AvgIpc) is 3.24. The lowest BCUT2D eigenvalue weighted by Crippen LogP contribution is -2.27. The van der Waals surface area contributed by atoms with Crippen molar-refractivity contribution in [2.45, 2.75) is 45.1 Å². The minimum Gasteiger partial charge on any atom is -0.320 e. The molecule has 2 aliphatic rings. The minimum absolute atomic E-state index is 0.436. The quantitative estimate of drug-likeness (QED) is 0.871. The summed E-state index contributed by atoms with van der Waals surface area (Å²) in [4.78, 5) is 4.18. The van der Waals surface area contributed by atoms with Crippen molar-refractivity contribution in [3.05, 3.63) is 34.0 Å². The number of thiophene rings is 1. The van der Waals surface area contributed by atoms with Gasteiger partial charge in [-0.2, -0.15) is 0 Å². The van der Waals surface area contributed by atoms with E-state index in [4.69, 9.17) is 0 Å². The summed E-state index contributed by atoms with van der Waals surface area (Å²) in [5.74, 6) is 1.73. The van der Waals surface area contributed by atoms with Crippen LogP contribution in [-0.2, 0) is 13.6 Å². The number of aromatic nitrogens is 3. The normalized spacial score (nSPS) is 24.5. The van der Waals surface area contributed by atoms with Crippen LogP contribution in [0, 0.1) is 12.3 Å². The van der Waals surface area contributed by atoms with E-state index in [2.05, 4.69) is 45.1 Å². The van der Waals surface area contributed by atoms with Crippen LogP contribution in [-0.4, -0.2) is 32.8 Å². The minimum atomic E-state index is 0.436. The maximum Gasteiger partial charge on any atom is 0.137 e. The van der Waals surface area contributed by atoms with Crippen molar-refractivity contribution >= 4 is 11.3 Å². The van der Waals surface area contributed by atoms with Crippen LogP contribution in [0.2, 0.25) is 0 Å². The average molecular weight is 316 g/mol. The molecule has 0 aromatic carbocycles. The molecule has 4 nitrogen and oxygen atoms in total. The summed E-state index contributed by atoms with van der Waals surface area (Å²) in [5.41, 5.74) is 1.87. The Morgan fingerprint density at radius 1 is 1.36 bits per heavy atom. The summed E-state index contributed by atoms with van der Waals surface area (Å²) >= 11 is 1.89. The molecule has 2 aromatic rings. The van der Waals surface area contributed by atoms with Gasteiger partial charge < -0.3 is 4.57 Å². The largest absolute Gasteiger partial charge is 0.320 e. The second kappa shape index (κ2) is 5.46. The van der Waals surface area contributed by atoms with E-state index >= 15 is 0 Å². The third kappa shape index (κ3) is 2.31. The van der Waals surface area contributed by atoms with Gasteiger partial charge in [-0.3, -0.25) is 4.90 Å². The molecule has 2 fully saturated rings. The highest BCUT2D eigenvalue weighted by Gasteiger charge is 2.50. The first-order chi connectivity index (χ1) is 10.7. The Morgan fingerprint density at radius 2 is 2.18 bits per heavy atom. The van der Waals surface area contributed by atoms with Gasteiger partial charge in [-0.05, 0) is 42.2 Å². The molecule has 1 saturated heterocycles. The topological polar surface area (TPSA) is 34.0 Å². The molecule has 1 aliphatic carbocycles. The first kappa shape index (κ1) is 14.4. The molecule has 1 aliphatic heterocycles. The van der Waals surface area contributed by atoms with Crippen molar-refractivity contribution < 1.29 is 0 Å². The van der Waals surface area contributed by atoms with Gasteiger partial charge in [0.05, 0.1) is 0 Å². The molecule has 5 heteroatoms. The molecule has 0 radical (unpaired) electrons. The van der Waals surface area contributed by atoms with Gasteiger partial charge in [0.15, 0.2) is 0 Å². The zero-order chi connectivity index (χ0) is 15.2. The summed E-state index contributed by atoms with van der Waals surface area (Å²) in [7, 11) is 2.09. The lowest BCUT2D eigenvalue weighted by atomic mass is 9.76. The van der Waals surface area contributed by atoms with Crippen LogP contribution < -0.4 is 0 Å². The first-order valence-electron chi connectivity index (χ1n) is 8.27. The van der Waals surface area contributed by atoms with Crippen LogP contribution in [0.5, 0.6) is 0 Å². The van der Waals surface area contributed by atoms with E-state index in [9.17, 15) is 0 Å². The van der Waals surface area contributed by atoms with Gasteiger partial charge in [0.1, 0.15) is 12.2 Å². The van der Waals surface area contributed by atoms with Crippen LogP contribution in [0.4, 0.5) is 0 Å². The molecule has 0 bridgehead atoms. The van der Waals surface area contributed by atoms with Gasteiger partial charge in [0, 0.05) is 37.5 Å². The zero-order valence-electron chi connectivity index (χ0n) is 13.5. The van der Waals surface area contributed by atoms with E-state index in [1.807, 2.05) is 17.7 Å². The van der Waals surface area contributed by atoms with E-state index in [1.165, 1.54) is 48.5 Å². The monoisotopic (exact) mass is 316 g/mol. The third-order valence-electron chi connectivity index (χ3n) is 5.71. The molecule has 1 unspecified atom stereocenters. The fourth-order valence-corrected chi connectivity index (χ4v) is 5.46. The van der Waals surface area contributed by atoms with E-state index in [-0.39, 0.29) is 0 Å². The zero-order valence-corrected chi connectivity index (χ0v) is 14.3. The molecule has 0 N–H and O–H groups in total. The summed E-state index contributed by atoms with van der Waals surface area (Å²) in [6, 6.07) is 2.24. The molecular weight excluding hydrogens is 292 g/mol. The molecule has 1 atom stereocenters. The van der Waals surface area contributed by atoms with Crippen molar-refractivity contribution in [2.24, 2.45) is 12.5 Å². The second-order valence-corrected chi connectivity index (χ2v) is 8.12. The highest BCUT2D eigenvalue weighted by atomic mass is 32.1. The van der Waals surface area contributed by atoms with E-state index in [1.54, 1.807) is 0 Å². The van der Waals surface area contributed by atoms with Crippen LogP contribution in [0.25, 0.3) is 0 Å². The number of rotatable bonds is 3. The molecule has 2 aromatic heterocycles. The fraction of sp³-hybridized carbons (Fsp3) is 0.647. The number of likely N-dealkylation sites (tertiary alicyclic amines) is 1. The van der Waals surface area contributed by atoms with E-state index in [0.29, 0.717) is 11.3 Å². The number of hydrogen-bond donors (Lipinski definition) is 0. The SMILES string of the molecule is Cc1ccsc1CN1CC(c2nncn2C)C2(CCCC2)C1. The fourth-order valence-electron chi connectivity index (χ4n) is 4.51. The Bertz CT molecular complexity index is 653. The smallest absolute Gasteiger partial charge is 0.137 e. The maximum absolute atomic E-state index is 4.45. The lowest BCUT2D eigenvalue weighted by molar-refractivity contribution is 0.244. The number of nitrogens with zero attached hydrogens (tertiary/aromatic N) is 4. The molecule has 3 heterocycles. The Morgan fingerprint density at radius 3 is 2.82 bits per heavy atom. The third-order valence-corrected chi connectivity index (χ3v) is 6.72. The van der Waals surface area contributed by atoms with Crippen LogP contribution in [0.15, 0.2) is 17.8 Å². The lowest BCUT2D eigenvalue weighted by Gasteiger charge is -2.29. The molecule has 1 spiro atoms. The number of aryl methyl sites for hydroxylation is 2. The first-order valence-corrected chi connectivity index (χ1v) is 9.15. The molecule has 22 heavy (non-hydrogen) atoms. The van der Waals surface area contributed by atoms with E-state index < -0.39 is 0 Å². The van der Waals surface area contributed by atoms with Crippen molar-refractivity contribution in [3.63, 3.8) is 0 Å². The van der Waals surface area contributed by atoms with E-state index in [0.717, 1.165) is 13.1 Å². The van der Waals surface area contributed by atoms with Crippen LogP contribution >= 0.6 is 11.3 Å². The summed E-state index contributed by atoms with van der Waals surface area (Å²) in [6.07, 6.45) is 7.30. The van der Waals surface area contributed by atoms with Crippen molar-refractivity contribution in [2.75, 3.05) is 13.1 Å². The standard InChI is InChI=1S/C17H24N4S/c1-13-5-8-22-15(13)10-21-9-14(16-19-18-12-20(16)2)17(11-21)6-3-4-7-17/h5,8,12,14H,3-4,6-7,9-11H2,1-2H3. The van der Waals surface area contributed by atoms with Gasteiger partial charge >= 0.3 is 0 Å². The summed E-state index contributed by atoms with van der Waals surface area (Å²) in [6.45, 7) is 5.68. The molecular formula is C17H24N4S. The molecule has 118 valence electrons. The Labute approximate surface area is 136 Å². The number of hydrogen-bond acceptors (Lipinski definition) is 4. The van der Waals surface area contributed by atoms with Crippen molar-refractivity contribution in [1.82, 2.24) is 19.7 Å². The van der Waals surface area contributed by atoms with Gasteiger partial charge in [-0.25, -0.2) is 0 Å². The Balaban J connectivity index is 1.60. The molecule has 0 amide bonds. The van der Waals surface area contributed by atoms with Crippen molar-refractivity contribution in [3.8, 4) is 0 Å². The van der Waals surface area contributed by atoms with Crippen LogP contribution in [0.3, 0.4) is 0 Å². The Kier molecular flexibility index (Phi) is 3.57. The van der Waals surface area contributed by atoms with Gasteiger partial charge in [0.25, 0.3) is 0 Å². The van der Waals surface area contributed by atoms with Crippen LogP contribution in [0.1, 0.15) is 47.9 Å². The molecule has 1 saturated carbocycles. The van der Waals surface area contributed by atoms with Gasteiger partial charge in [-0.15, -0.1) is 21.5 Å². The highest BCUT2D eigenvalue weighted by molar-refractivity contribution is 7.10. The second-order valence-electron chi connectivity index (χ2n) is 7.12. The highest BCUT2D eigenvalue weighted by Crippen LogP contribution is 2.53. The predicted octanol–water partition coefficient (Wildman–Crippen LogP) is 3.34. The predicted molar refractivity (Wildman–Crippen MR) is 89.0 cm³/mol. The summed E-state index contributed by atoms with van der Waals surface area (Å²) in [5, 5.41) is 10.8. The molecule has 4 rings (SSSR count).